The van der Waals surface area contributed by atoms with Crippen molar-refractivity contribution >= 4 is 11.0 Å². The molecule has 23 heavy (non-hydrogen) atoms. The summed E-state index contributed by atoms with van der Waals surface area (Å²) in [5.74, 6) is 1.57. The van der Waals surface area contributed by atoms with Gasteiger partial charge in [0.25, 0.3) is 0 Å². The van der Waals surface area contributed by atoms with Gasteiger partial charge in [-0.15, -0.1) is 0 Å². The Bertz CT molecular complexity index is 664. The molecule has 2 aromatic heterocycles. The maximum absolute atomic E-state index is 5.96. The van der Waals surface area contributed by atoms with Gasteiger partial charge in [-0.3, -0.25) is 4.90 Å². The van der Waals surface area contributed by atoms with Crippen molar-refractivity contribution in [1.82, 2.24) is 14.9 Å². The van der Waals surface area contributed by atoms with Crippen LogP contribution in [0.4, 0.5) is 0 Å². The van der Waals surface area contributed by atoms with E-state index in [4.69, 9.17) is 4.74 Å². The van der Waals surface area contributed by atoms with Gasteiger partial charge in [-0.2, -0.15) is 0 Å². The number of rotatable bonds is 3. The Morgan fingerprint density at radius 1 is 1.30 bits per heavy atom. The van der Waals surface area contributed by atoms with E-state index in [1.807, 2.05) is 12.3 Å². The lowest BCUT2D eigenvalue weighted by Gasteiger charge is -2.35. The van der Waals surface area contributed by atoms with Crippen LogP contribution in [-0.2, 0) is 11.3 Å². The van der Waals surface area contributed by atoms with Crippen molar-refractivity contribution < 1.29 is 4.74 Å². The van der Waals surface area contributed by atoms with Crippen LogP contribution in [0.2, 0.25) is 0 Å². The zero-order valence-corrected chi connectivity index (χ0v) is 14.2. The number of pyridine rings is 1. The summed E-state index contributed by atoms with van der Waals surface area (Å²) in [6.45, 7) is 9.03. The van der Waals surface area contributed by atoms with Crippen LogP contribution in [-0.4, -0.2) is 34.6 Å². The van der Waals surface area contributed by atoms with Crippen LogP contribution in [0.3, 0.4) is 0 Å². The molecule has 0 saturated carbocycles. The number of piperidine rings is 1. The molecule has 124 valence electrons. The molecule has 0 spiro atoms. The molecule has 2 fully saturated rings. The lowest BCUT2D eigenvalue weighted by Crippen LogP contribution is -2.38. The maximum atomic E-state index is 5.96. The van der Waals surface area contributed by atoms with Gasteiger partial charge in [0.15, 0.2) is 0 Å². The number of hydrogen-bond donors (Lipinski definition) is 1. The highest BCUT2D eigenvalue weighted by molar-refractivity contribution is 5.81. The number of fused-ring (bicyclic) bond motifs is 1. The SMILES string of the molecule is C[C@@H]1C[C@@H](C)CN(Cc2c([C@@H]3CCCO3)[nH]c3ncccc23)C1. The van der Waals surface area contributed by atoms with E-state index in [2.05, 4.69) is 34.8 Å². The van der Waals surface area contributed by atoms with Gasteiger partial charge in [0, 0.05) is 37.8 Å². The molecular formula is C19H27N3O. The van der Waals surface area contributed by atoms with Gasteiger partial charge >= 0.3 is 0 Å². The van der Waals surface area contributed by atoms with Crippen molar-refractivity contribution in [3.8, 4) is 0 Å². The lowest BCUT2D eigenvalue weighted by molar-refractivity contribution is 0.105. The molecule has 2 aliphatic rings. The molecule has 0 amide bonds. The second-order valence-corrected chi connectivity index (χ2v) is 7.56. The van der Waals surface area contributed by atoms with E-state index in [-0.39, 0.29) is 6.10 Å². The maximum Gasteiger partial charge on any atom is 0.137 e. The fourth-order valence-electron chi connectivity index (χ4n) is 4.49. The molecule has 4 nitrogen and oxygen atoms in total. The summed E-state index contributed by atoms with van der Waals surface area (Å²) in [6, 6.07) is 4.24. The summed E-state index contributed by atoms with van der Waals surface area (Å²) in [5.41, 5.74) is 3.68. The second-order valence-electron chi connectivity index (χ2n) is 7.56. The summed E-state index contributed by atoms with van der Waals surface area (Å²) in [4.78, 5) is 10.7. The van der Waals surface area contributed by atoms with Crippen LogP contribution in [0, 0.1) is 11.8 Å². The molecule has 0 aliphatic carbocycles. The first-order valence-electron chi connectivity index (χ1n) is 9.00. The van der Waals surface area contributed by atoms with E-state index in [0.717, 1.165) is 43.5 Å². The fraction of sp³-hybridized carbons (Fsp3) is 0.632. The number of ether oxygens (including phenoxy) is 1. The highest BCUT2D eigenvalue weighted by atomic mass is 16.5. The topological polar surface area (TPSA) is 41.1 Å². The van der Waals surface area contributed by atoms with Crippen LogP contribution in [0.15, 0.2) is 18.3 Å². The van der Waals surface area contributed by atoms with Gasteiger partial charge in [0.2, 0.25) is 0 Å². The van der Waals surface area contributed by atoms with Crippen molar-refractivity contribution in [2.45, 2.75) is 45.8 Å². The molecule has 2 aromatic rings. The zero-order valence-electron chi connectivity index (χ0n) is 14.2. The number of nitrogens with zero attached hydrogens (tertiary/aromatic N) is 2. The minimum absolute atomic E-state index is 0.221. The molecule has 0 radical (unpaired) electrons. The van der Waals surface area contributed by atoms with Crippen molar-refractivity contribution in [2.75, 3.05) is 19.7 Å². The number of likely N-dealkylation sites (tertiary alicyclic amines) is 1. The highest BCUT2D eigenvalue weighted by Gasteiger charge is 2.27. The molecular weight excluding hydrogens is 286 g/mol. The van der Waals surface area contributed by atoms with E-state index < -0.39 is 0 Å². The largest absolute Gasteiger partial charge is 0.372 e. The average molecular weight is 313 g/mol. The van der Waals surface area contributed by atoms with Crippen LogP contribution in [0.25, 0.3) is 11.0 Å². The molecule has 3 atom stereocenters. The van der Waals surface area contributed by atoms with Crippen molar-refractivity contribution in [3.63, 3.8) is 0 Å². The summed E-state index contributed by atoms with van der Waals surface area (Å²) in [6.07, 6.45) is 5.72. The van der Waals surface area contributed by atoms with Crippen LogP contribution in [0.5, 0.6) is 0 Å². The average Bonchev–Trinajstić information content (AvgIpc) is 3.14. The van der Waals surface area contributed by atoms with Crippen LogP contribution >= 0.6 is 0 Å². The molecule has 0 aromatic carbocycles. The van der Waals surface area contributed by atoms with E-state index in [0.29, 0.717) is 0 Å². The Morgan fingerprint density at radius 3 is 2.87 bits per heavy atom. The molecule has 0 unspecified atom stereocenters. The Morgan fingerprint density at radius 2 is 2.13 bits per heavy atom. The van der Waals surface area contributed by atoms with Gasteiger partial charge < -0.3 is 9.72 Å². The first-order chi connectivity index (χ1) is 11.2. The third-order valence-corrected chi connectivity index (χ3v) is 5.29. The summed E-state index contributed by atoms with van der Waals surface area (Å²) in [7, 11) is 0. The fourth-order valence-corrected chi connectivity index (χ4v) is 4.49. The van der Waals surface area contributed by atoms with Crippen molar-refractivity contribution in [1.29, 1.82) is 0 Å². The minimum Gasteiger partial charge on any atom is -0.372 e. The number of H-pyrrole nitrogens is 1. The first-order valence-corrected chi connectivity index (χ1v) is 9.00. The van der Waals surface area contributed by atoms with Gasteiger partial charge in [0.05, 0.1) is 11.8 Å². The Kier molecular flexibility index (Phi) is 4.12. The molecule has 2 aliphatic heterocycles. The summed E-state index contributed by atoms with van der Waals surface area (Å²) >= 11 is 0. The normalized spacial score (nSPS) is 29.4. The van der Waals surface area contributed by atoms with Gasteiger partial charge in [0.1, 0.15) is 5.65 Å². The van der Waals surface area contributed by atoms with Crippen LogP contribution in [0.1, 0.15) is 50.5 Å². The van der Waals surface area contributed by atoms with Crippen molar-refractivity contribution in [2.24, 2.45) is 11.8 Å². The Hall–Kier alpha value is -1.39. The predicted octanol–water partition coefficient (Wildman–Crippen LogP) is 3.89. The molecule has 4 rings (SSSR count). The predicted molar refractivity (Wildman–Crippen MR) is 92.2 cm³/mol. The molecule has 4 heterocycles. The standard InChI is InChI=1S/C19H27N3O/c1-13-9-14(2)11-22(10-13)12-16-15-5-3-7-20-19(15)21-18(16)17-6-4-8-23-17/h3,5,7,13-14,17H,4,6,8-12H2,1-2H3,(H,20,21)/t13-,14-,17+/m1/s1. The number of nitrogens with one attached hydrogen (secondary N) is 1. The van der Waals surface area contributed by atoms with Crippen molar-refractivity contribution in [3.05, 3.63) is 29.6 Å². The molecule has 4 heteroatoms. The quantitative estimate of drug-likeness (QED) is 0.934. The Labute approximate surface area is 138 Å². The highest BCUT2D eigenvalue weighted by Crippen LogP contribution is 2.35. The smallest absolute Gasteiger partial charge is 0.137 e. The van der Waals surface area contributed by atoms with Gasteiger partial charge in [-0.05, 0) is 48.8 Å². The summed E-state index contributed by atoms with van der Waals surface area (Å²) in [5, 5.41) is 1.27. The zero-order chi connectivity index (χ0) is 15.8. The van der Waals surface area contributed by atoms with E-state index in [9.17, 15) is 0 Å². The molecule has 2 saturated heterocycles. The molecule has 1 N–H and O–H groups in total. The van der Waals surface area contributed by atoms with E-state index >= 15 is 0 Å². The lowest BCUT2D eigenvalue weighted by atomic mass is 9.91. The summed E-state index contributed by atoms with van der Waals surface area (Å²) < 4.78 is 5.96. The van der Waals surface area contributed by atoms with Gasteiger partial charge in [-0.1, -0.05) is 13.8 Å². The van der Waals surface area contributed by atoms with E-state index in [1.165, 1.54) is 36.2 Å². The number of hydrogen-bond acceptors (Lipinski definition) is 3. The third kappa shape index (κ3) is 3.02. The Balaban J connectivity index is 1.68. The monoisotopic (exact) mass is 313 g/mol. The second kappa shape index (κ2) is 6.25. The first kappa shape index (κ1) is 15.2. The third-order valence-electron chi connectivity index (χ3n) is 5.29. The van der Waals surface area contributed by atoms with Crippen LogP contribution < -0.4 is 0 Å². The number of aromatic nitrogens is 2. The number of aromatic amines is 1. The van der Waals surface area contributed by atoms with Gasteiger partial charge in [-0.25, -0.2) is 4.98 Å². The minimum atomic E-state index is 0.221. The van der Waals surface area contributed by atoms with E-state index in [1.54, 1.807) is 0 Å². The molecule has 0 bridgehead atoms.